The van der Waals surface area contributed by atoms with Gasteiger partial charge < -0.3 is 4.98 Å². The largest absolute Gasteiger partial charge is 0.358 e. The summed E-state index contributed by atoms with van der Waals surface area (Å²) >= 11 is 5.07. The van der Waals surface area contributed by atoms with Crippen LogP contribution in [0.5, 0.6) is 0 Å². The van der Waals surface area contributed by atoms with Gasteiger partial charge in [0.25, 0.3) is 5.24 Å². The van der Waals surface area contributed by atoms with E-state index >= 15 is 0 Å². The summed E-state index contributed by atoms with van der Waals surface area (Å²) in [5.74, 6) is 0. The Morgan fingerprint density at radius 1 is 1.67 bits per heavy atom. The monoisotopic (exact) mass is 165 g/mol. The van der Waals surface area contributed by atoms with E-state index in [9.17, 15) is 4.79 Å². The van der Waals surface area contributed by atoms with Crippen molar-refractivity contribution in [3.05, 3.63) is 24.0 Å². The molecule has 0 aliphatic heterocycles. The SMILES string of the molecule is Cl.O=C(Cl)c1ccc[nH]1. The van der Waals surface area contributed by atoms with Crippen molar-refractivity contribution in [3.63, 3.8) is 0 Å². The summed E-state index contributed by atoms with van der Waals surface area (Å²) in [7, 11) is 0. The van der Waals surface area contributed by atoms with Gasteiger partial charge in [-0.1, -0.05) is 0 Å². The first-order valence-electron chi connectivity index (χ1n) is 2.14. The number of aromatic amines is 1. The lowest BCUT2D eigenvalue weighted by Gasteiger charge is -1.79. The van der Waals surface area contributed by atoms with Gasteiger partial charge in [0.1, 0.15) is 0 Å². The number of carbonyl (C=O) groups is 1. The summed E-state index contributed by atoms with van der Waals surface area (Å²) in [6.45, 7) is 0. The second-order valence-corrected chi connectivity index (χ2v) is 1.70. The lowest BCUT2D eigenvalue weighted by Crippen LogP contribution is -1.85. The van der Waals surface area contributed by atoms with Crippen molar-refractivity contribution in [2.45, 2.75) is 0 Å². The molecule has 0 saturated carbocycles. The van der Waals surface area contributed by atoms with Crippen LogP contribution in [0, 0.1) is 0 Å². The molecule has 0 amide bonds. The number of halogens is 2. The van der Waals surface area contributed by atoms with Crippen molar-refractivity contribution in [1.82, 2.24) is 4.98 Å². The minimum Gasteiger partial charge on any atom is -0.358 e. The molecule has 0 radical (unpaired) electrons. The van der Waals surface area contributed by atoms with Crippen molar-refractivity contribution in [2.75, 3.05) is 0 Å². The summed E-state index contributed by atoms with van der Waals surface area (Å²) in [6.07, 6.45) is 1.65. The zero-order valence-corrected chi connectivity index (χ0v) is 6.00. The lowest BCUT2D eigenvalue weighted by molar-refractivity contribution is 0.107. The summed E-state index contributed by atoms with van der Waals surface area (Å²) < 4.78 is 0. The molecule has 1 rings (SSSR count). The topological polar surface area (TPSA) is 32.9 Å². The first-order valence-corrected chi connectivity index (χ1v) is 2.52. The quantitative estimate of drug-likeness (QED) is 0.634. The van der Waals surface area contributed by atoms with E-state index in [2.05, 4.69) is 4.98 Å². The second-order valence-electron chi connectivity index (χ2n) is 1.36. The Bertz CT molecular complexity index is 183. The fraction of sp³-hybridized carbons (Fsp3) is 0. The number of H-pyrrole nitrogens is 1. The van der Waals surface area contributed by atoms with E-state index in [0.29, 0.717) is 5.69 Å². The zero-order chi connectivity index (χ0) is 5.98. The Labute approximate surface area is 63.6 Å². The molecule has 0 saturated heterocycles. The Morgan fingerprint density at radius 3 is 2.56 bits per heavy atom. The Morgan fingerprint density at radius 2 is 2.33 bits per heavy atom. The molecule has 4 heteroatoms. The number of hydrogen-bond donors (Lipinski definition) is 1. The Kier molecular flexibility index (Phi) is 3.35. The third-order valence-corrected chi connectivity index (χ3v) is 1.01. The lowest BCUT2D eigenvalue weighted by atomic mass is 10.5. The van der Waals surface area contributed by atoms with Crippen LogP contribution in [-0.4, -0.2) is 10.2 Å². The minimum atomic E-state index is -0.449. The first-order chi connectivity index (χ1) is 3.80. The van der Waals surface area contributed by atoms with Gasteiger partial charge in [-0.3, -0.25) is 4.79 Å². The summed E-state index contributed by atoms with van der Waals surface area (Å²) in [5, 5.41) is -0.449. The fourth-order valence-electron chi connectivity index (χ4n) is 0.453. The van der Waals surface area contributed by atoms with Gasteiger partial charge in [-0.05, 0) is 23.7 Å². The molecule has 0 fully saturated rings. The highest BCUT2D eigenvalue weighted by molar-refractivity contribution is 6.67. The highest BCUT2D eigenvalue weighted by Crippen LogP contribution is 1.97. The maximum absolute atomic E-state index is 10.2. The van der Waals surface area contributed by atoms with Gasteiger partial charge in [-0.25, -0.2) is 0 Å². The van der Waals surface area contributed by atoms with Crippen molar-refractivity contribution in [2.24, 2.45) is 0 Å². The molecule has 1 heterocycles. The molecule has 2 nitrogen and oxygen atoms in total. The predicted molar refractivity (Wildman–Crippen MR) is 38.2 cm³/mol. The van der Waals surface area contributed by atoms with E-state index in [0.717, 1.165) is 0 Å². The summed E-state index contributed by atoms with van der Waals surface area (Å²) in [6, 6.07) is 3.34. The van der Waals surface area contributed by atoms with E-state index < -0.39 is 5.24 Å². The van der Waals surface area contributed by atoms with Crippen molar-refractivity contribution >= 4 is 29.3 Å². The highest BCUT2D eigenvalue weighted by Gasteiger charge is 1.97. The predicted octanol–water partition coefficient (Wildman–Crippen LogP) is 1.82. The Hall–Kier alpha value is -0.470. The van der Waals surface area contributed by atoms with Gasteiger partial charge in [0, 0.05) is 6.20 Å². The van der Waals surface area contributed by atoms with Crippen LogP contribution in [0.1, 0.15) is 10.5 Å². The van der Waals surface area contributed by atoms with Gasteiger partial charge in [0.15, 0.2) is 0 Å². The van der Waals surface area contributed by atoms with Gasteiger partial charge in [0.2, 0.25) is 0 Å². The number of rotatable bonds is 1. The molecule has 1 N–H and O–H groups in total. The standard InChI is InChI=1S/C5H4ClNO.ClH/c6-5(8)4-2-1-3-7-4;/h1-3,7H;1H. The van der Waals surface area contributed by atoms with Crippen LogP contribution in [-0.2, 0) is 0 Å². The van der Waals surface area contributed by atoms with Crippen molar-refractivity contribution in [3.8, 4) is 0 Å². The molecule has 1 aromatic heterocycles. The normalized spacial score (nSPS) is 8.11. The molecule has 0 spiro atoms. The molecule has 0 aliphatic carbocycles. The molecule has 0 bridgehead atoms. The molecule has 0 aliphatic rings. The van der Waals surface area contributed by atoms with Crippen LogP contribution in [0.4, 0.5) is 0 Å². The number of aromatic nitrogens is 1. The number of nitrogens with one attached hydrogen (secondary N) is 1. The van der Waals surface area contributed by atoms with Crippen molar-refractivity contribution in [1.29, 1.82) is 0 Å². The van der Waals surface area contributed by atoms with E-state index in [1.54, 1.807) is 18.3 Å². The summed E-state index contributed by atoms with van der Waals surface area (Å²) in [4.78, 5) is 12.9. The fourth-order valence-corrected chi connectivity index (χ4v) is 0.570. The van der Waals surface area contributed by atoms with Crippen LogP contribution < -0.4 is 0 Å². The van der Waals surface area contributed by atoms with Gasteiger partial charge in [-0.15, -0.1) is 12.4 Å². The van der Waals surface area contributed by atoms with Crippen LogP contribution in [0.25, 0.3) is 0 Å². The zero-order valence-electron chi connectivity index (χ0n) is 4.43. The van der Waals surface area contributed by atoms with E-state index in [-0.39, 0.29) is 12.4 Å². The van der Waals surface area contributed by atoms with E-state index in [1.807, 2.05) is 0 Å². The molecule has 1 aromatic rings. The minimum absolute atomic E-state index is 0. The second kappa shape index (κ2) is 3.54. The van der Waals surface area contributed by atoms with E-state index in [4.69, 9.17) is 11.6 Å². The van der Waals surface area contributed by atoms with E-state index in [1.165, 1.54) is 0 Å². The molecule has 0 unspecified atom stereocenters. The maximum Gasteiger partial charge on any atom is 0.268 e. The molecule has 0 aromatic carbocycles. The smallest absolute Gasteiger partial charge is 0.268 e. The third kappa shape index (κ3) is 2.08. The maximum atomic E-state index is 10.2. The van der Waals surface area contributed by atoms with Gasteiger partial charge in [-0.2, -0.15) is 0 Å². The van der Waals surface area contributed by atoms with Gasteiger partial charge in [0.05, 0.1) is 5.69 Å². The van der Waals surface area contributed by atoms with Crippen LogP contribution in [0.15, 0.2) is 18.3 Å². The Balaban J connectivity index is 0.000000640. The van der Waals surface area contributed by atoms with Crippen LogP contribution >= 0.6 is 24.0 Å². The molecular formula is C5H5Cl2NO. The average Bonchev–Trinajstić information content (AvgIpc) is 2.12. The number of hydrogen-bond acceptors (Lipinski definition) is 1. The molecule has 50 valence electrons. The highest BCUT2D eigenvalue weighted by atomic mass is 35.5. The number of carbonyl (C=O) groups excluding carboxylic acids is 1. The summed E-state index contributed by atoms with van der Waals surface area (Å²) in [5.41, 5.74) is 0.437. The van der Waals surface area contributed by atoms with Crippen LogP contribution in [0.3, 0.4) is 0 Å². The van der Waals surface area contributed by atoms with Crippen molar-refractivity contribution < 1.29 is 4.79 Å². The van der Waals surface area contributed by atoms with Gasteiger partial charge >= 0.3 is 0 Å². The molecule has 9 heavy (non-hydrogen) atoms. The molecule has 0 atom stereocenters. The van der Waals surface area contributed by atoms with Crippen LogP contribution in [0.2, 0.25) is 0 Å². The molecular weight excluding hydrogens is 161 g/mol. The first kappa shape index (κ1) is 8.53. The average molecular weight is 166 g/mol. The third-order valence-electron chi connectivity index (χ3n) is 0.810.